The Kier molecular flexibility index (Phi) is 6.70. The lowest BCUT2D eigenvalue weighted by atomic mass is 9.98. The van der Waals surface area contributed by atoms with Gasteiger partial charge in [0.1, 0.15) is 0 Å². The summed E-state index contributed by atoms with van der Waals surface area (Å²) in [6.07, 6.45) is 0.556. The molecule has 2 unspecified atom stereocenters. The summed E-state index contributed by atoms with van der Waals surface area (Å²) in [6.45, 7) is 4.30. The molecule has 0 saturated carbocycles. The Hall–Kier alpha value is -1.10. The van der Waals surface area contributed by atoms with E-state index in [0.717, 1.165) is 0 Å². The van der Waals surface area contributed by atoms with Gasteiger partial charge in [-0.15, -0.1) is 0 Å². The highest BCUT2D eigenvalue weighted by Crippen LogP contribution is 2.14. The lowest BCUT2D eigenvalue weighted by molar-refractivity contribution is -0.148. The SMILES string of the molecule is CCOC(C)CCC(CC(=O)O)C(=O)O. The van der Waals surface area contributed by atoms with Crippen LogP contribution in [0.1, 0.15) is 33.1 Å². The first-order valence-electron chi connectivity index (χ1n) is 5.03. The highest BCUT2D eigenvalue weighted by Gasteiger charge is 2.21. The molecule has 0 fully saturated rings. The lowest BCUT2D eigenvalue weighted by Crippen LogP contribution is -2.20. The minimum atomic E-state index is -1.08. The molecule has 0 radical (unpaired) electrons. The Bertz CT molecular complexity index is 214. The maximum Gasteiger partial charge on any atom is 0.307 e. The summed E-state index contributed by atoms with van der Waals surface area (Å²) < 4.78 is 5.24. The minimum Gasteiger partial charge on any atom is -0.481 e. The fourth-order valence-corrected chi connectivity index (χ4v) is 1.33. The molecule has 0 heterocycles. The summed E-state index contributed by atoms with van der Waals surface area (Å²) in [4.78, 5) is 21.1. The third kappa shape index (κ3) is 6.90. The van der Waals surface area contributed by atoms with Crippen molar-refractivity contribution in [3.8, 4) is 0 Å². The van der Waals surface area contributed by atoms with Crippen molar-refractivity contribution in [2.24, 2.45) is 5.92 Å². The van der Waals surface area contributed by atoms with E-state index in [1.807, 2.05) is 13.8 Å². The van der Waals surface area contributed by atoms with Crippen molar-refractivity contribution in [3.63, 3.8) is 0 Å². The third-order valence-corrected chi connectivity index (χ3v) is 2.14. The van der Waals surface area contributed by atoms with Crippen molar-refractivity contribution in [2.45, 2.75) is 39.2 Å². The van der Waals surface area contributed by atoms with Crippen LogP contribution in [0.25, 0.3) is 0 Å². The monoisotopic (exact) mass is 218 g/mol. The molecule has 0 saturated heterocycles. The smallest absolute Gasteiger partial charge is 0.307 e. The van der Waals surface area contributed by atoms with Gasteiger partial charge >= 0.3 is 11.9 Å². The highest BCUT2D eigenvalue weighted by atomic mass is 16.5. The van der Waals surface area contributed by atoms with Crippen LogP contribution in [0.5, 0.6) is 0 Å². The number of aliphatic carboxylic acids is 2. The quantitative estimate of drug-likeness (QED) is 0.642. The molecule has 0 rings (SSSR count). The van der Waals surface area contributed by atoms with Gasteiger partial charge in [-0.1, -0.05) is 0 Å². The first-order chi connectivity index (χ1) is 6.97. The molecule has 5 heteroatoms. The second-order valence-electron chi connectivity index (χ2n) is 3.48. The van der Waals surface area contributed by atoms with E-state index in [4.69, 9.17) is 14.9 Å². The average Bonchev–Trinajstić information content (AvgIpc) is 2.11. The molecule has 0 spiro atoms. The number of hydrogen-bond donors (Lipinski definition) is 2. The first-order valence-corrected chi connectivity index (χ1v) is 5.03. The fraction of sp³-hybridized carbons (Fsp3) is 0.800. The van der Waals surface area contributed by atoms with Crippen molar-refractivity contribution in [2.75, 3.05) is 6.61 Å². The Morgan fingerprint density at radius 3 is 2.27 bits per heavy atom. The molecule has 0 aliphatic rings. The molecule has 0 aliphatic heterocycles. The van der Waals surface area contributed by atoms with Crippen molar-refractivity contribution in [1.82, 2.24) is 0 Å². The zero-order valence-electron chi connectivity index (χ0n) is 9.10. The maximum atomic E-state index is 10.7. The van der Waals surface area contributed by atoms with E-state index in [-0.39, 0.29) is 12.5 Å². The summed E-state index contributed by atoms with van der Waals surface area (Å²) in [6, 6.07) is 0. The van der Waals surface area contributed by atoms with Gasteiger partial charge in [0.2, 0.25) is 0 Å². The molecule has 0 aromatic rings. The lowest BCUT2D eigenvalue weighted by Gasteiger charge is -2.14. The number of carboxylic acids is 2. The van der Waals surface area contributed by atoms with E-state index in [2.05, 4.69) is 0 Å². The van der Waals surface area contributed by atoms with Crippen LogP contribution in [0.4, 0.5) is 0 Å². The third-order valence-electron chi connectivity index (χ3n) is 2.14. The highest BCUT2D eigenvalue weighted by molar-refractivity contribution is 5.77. The molecular weight excluding hydrogens is 200 g/mol. The van der Waals surface area contributed by atoms with Crippen LogP contribution in [0, 0.1) is 5.92 Å². The fourth-order valence-electron chi connectivity index (χ4n) is 1.33. The largest absolute Gasteiger partial charge is 0.481 e. The second kappa shape index (κ2) is 7.23. The molecule has 0 amide bonds. The molecule has 0 aromatic carbocycles. The first kappa shape index (κ1) is 13.9. The normalized spacial score (nSPS) is 14.5. The van der Waals surface area contributed by atoms with Crippen molar-refractivity contribution in [1.29, 1.82) is 0 Å². The summed E-state index contributed by atoms with van der Waals surface area (Å²) >= 11 is 0. The van der Waals surface area contributed by atoms with Crippen molar-refractivity contribution in [3.05, 3.63) is 0 Å². The van der Waals surface area contributed by atoms with Gasteiger partial charge in [0.25, 0.3) is 0 Å². The summed E-state index contributed by atoms with van der Waals surface area (Å²) in [5, 5.41) is 17.3. The van der Waals surface area contributed by atoms with Gasteiger partial charge in [0, 0.05) is 6.61 Å². The summed E-state index contributed by atoms with van der Waals surface area (Å²) in [5.74, 6) is -2.95. The van der Waals surface area contributed by atoms with Gasteiger partial charge in [0.15, 0.2) is 0 Å². The standard InChI is InChI=1S/C10H18O5/c1-3-15-7(2)4-5-8(10(13)14)6-9(11)12/h7-8H,3-6H2,1-2H3,(H,11,12)(H,13,14). The Morgan fingerprint density at radius 2 is 1.87 bits per heavy atom. The van der Waals surface area contributed by atoms with Crippen LogP contribution in [0.3, 0.4) is 0 Å². The van der Waals surface area contributed by atoms with Gasteiger partial charge in [-0.25, -0.2) is 0 Å². The predicted octanol–water partition coefficient (Wildman–Crippen LogP) is 1.37. The molecule has 0 bridgehead atoms. The van der Waals surface area contributed by atoms with E-state index in [1.165, 1.54) is 0 Å². The topological polar surface area (TPSA) is 83.8 Å². The van der Waals surface area contributed by atoms with Crippen LogP contribution in [-0.4, -0.2) is 34.9 Å². The number of carbonyl (C=O) groups is 2. The number of hydrogen-bond acceptors (Lipinski definition) is 3. The summed E-state index contributed by atoms with van der Waals surface area (Å²) in [7, 11) is 0. The Morgan fingerprint density at radius 1 is 1.27 bits per heavy atom. The average molecular weight is 218 g/mol. The van der Waals surface area contributed by atoms with E-state index in [1.54, 1.807) is 0 Å². The van der Waals surface area contributed by atoms with Gasteiger partial charge in [0.05, 0.1) is 18.4 Å². The zero-order chi connectivity index (χ0) is 11.8. The van der Waals surface area contributed by atoms with Gasteiger partial charge in [-0.2, -0.15) is 0 Å². The summed E-state index contributed by atoms with van der Waals surface area (Å²) in [5.41, 5.74) is 0. The van der Waals surface area contributed by atoms with Crippen molar-refractivity contribution >= 4 is 11.9 Å². The van der Waals surface area contributed by atoms with E-state index >= 15 is 0 Å². The van der Waals surface area contributed by atoms with Gasteiger partial charge in [-0.05, 0) is 26.7 Å². The molecule has 0 aromatic heterocycles. The van der Waals surface area contributed by atoms with Crippen molar-refractivity contribution < 1.29 is 24.5 Å². The van der Waals surface area contributed by atoms with E-state index < -0.39 is 17.9 Å². The molecular formula is C10H18O5. The van der Waals surface area contributed by atoms with Crippen LogP contribution in [0.2, 0.25) is 0 Å². The van der Waals surface area contributed by atoms with Gasteiger partial charge in [-0.3, -0.25) is 9.59 Å². The van der Waals surface area contributed by atoms with Crippen LogP contribution >= 0.6 is 0 Å². The second-order valence-corrected chi connectivity index (χ2v) is 3.48. The zero-order valence-corrected chi connectivity index (χ0v) is 9.10. The predicted molar refractivity (Wildman–Crippen MR) is 53.7 cm³/mol. The molecule has 5 nitrogen and oxygen atoms in total. The van der Waals surface area contributed by atoms with Crippen LogP contribution < -0.4 is 0 Å². The molecule has 15 heavy (non-hydrogen) atoms. The van der Waals surface area contributed by atoms with Gasteiger partial charge < -0.3 is 14.9 Å². The number of rotatable bonds is 8. The molecule has 2 N–H and O–H groups in total. The minimum absolute atomic E-state index is 0.0226. The Balaban J connectivity index is 3.96. The molecule has 2 atom stereocenters. The molecule has 0 aliphatic carbocycles. The Labute approximate surface area is 89.0 Å². The molecule has 88 valence electrons. The van der Waals surface area contributed by atoms with Crippen LogP contribution in [-0.2, 0) is 14.3 Å². The van der Waals surface area contributed by atoms with E-state index in [0.29, 0.717) is 19.4 Å². The maximum absolute atomic E-state index is 10.7. The van der Waals surface area contributed by atoms with E-state index in [9.17, 15) is 9.59 Å². The number of carboxylic acid groups (broad SMARTS) is 2. The van der Waals surface area contributed by atoms with Crippen LogP contribution in [0.15, 0.2) is 0 Å². The number of ether oxygens (including phenoxy) is 1.